The van der Waals surface area contributed by atoms with Gasteiger partial charge in [0.1, 0.15) is 12.3 Å². The summed E-state index contributed by atoms with van der Waals surface area (Å²) in [4.78, 5) is 0. The van der Waals surface area contributed by atoms with Crippen molar-refractivity contribution in [2.24, 2.45) is 17.8 Å². The SMILES string of the molecule is CCCC1CC[C](C2CCC(C(F)(F)OC3CCC(F)C(F)C3)CC2)CC1. The Kier molecular flexibility index (Phi) is 7.49. The van der Waals surface area contributed by atoms with Gasteiger partial charge in [-0.1, -0.05) is 19.8 Å². The summed E-state index contributed by atoms with van der Waals surface area (Å²) in [5.41, 5.74) is 0. The molecule has 0 saturated heterocycles. The summed E-state index contributed by atoms with van der Waals surface area (Å²) in [5, 5.41) is 0. The lowest BCUT2D eigenvalue weighted by Gasteiger charge is -2.40. The molecule has 0 aromatic carbocycles. The monoisotopic (exact) mass is 391 g/mol. The Bertz CT molecular complexity index is 442. The largest absolute Gasteiger partial charge is 0.358 e. The molecule has 3 rings (SSSR count). The van der Waals surface area contributed by atoms with Crippen LogP contribution >= 0.6 is 0 Å². The fourth-order valence-corrected chi connectivity index (χ4v) is 5.46. The number of ether oxygens (including phenoxy) is 1. The highest BCUT2D eigenvalue weighted by molar-refractivity contribution is 5.02. The summed E-state index contributed by atoms with van der Waals surface area (Å²) in [6, 6.07) is 0. The first-order valence-corrected chi connectivity index (χ1v) is 11.1. The molecule has 0 bridgehead atoms. The predicted octanol–water partition coefficient (Wildman–Crippen LogP) is 7.20. The van der Waals surface area contributed by atoms with E-state index in [1.165, 1.54) is 38.5 Å². The average molecular weight is 392 g/mol. The Balaban J connectivity index is 1.43. The maximum atomic E-state index is 14.6. The lowest BCUT2D eigenvalue weighted by Crippen LogP contribution is -2.41. The van der Waals surface area contributed by atoms with Gasteiger partial charge in [-0.3, -0.25) is 0 Å². The maximum absolute atomic E-state index is 14.6. The molecule has 0 aromatic heterocycles. The first kappa shape index (κ1) is 21.4. The minimum absolute atomic E-state index is 0.0218. The van der Waals surface area contributed by atoms with E-state index in [1.807, 2.05) is 0 Å². The minimum atomic E-state index is -3.22. The molecular formula is C22H35F4O. The van der Waals surface area contributed by atoms with Crippen molar-refractivity contribution in [1.82, 2.24) is 0 Å². The van der Waals surface area contributed by atoms with Crippen LogP contribution in [0.1, 0.15) is 90.4 Å². The first-order chi connectivity index (χ1) is 12.9. The average Bonchev–Trinajstić information content (AvgIpc) is 2.66. The Labute approximate surface area is 161 Å². The van der Waals surface area contributed by atoms with Crippen molar-refractivity contribution in [2.75, 3.05) is 0 Å². The molecule has 3 fully saturated rings. The molecule has 1 radical (unpaired) electrons. The summed E-state index contributed by atoms with van der Waals surface area (Å²) in [6.07, 6.45) is 2.66. The summed E-state index contributed by atoms with van der Waals surface area (Å²) < 4.78 is 60.8. The van der Waals surface area contributed by atoms with E-state index in [1.54, 1.807) is 5.92 Å². The number of hydrogen-bond donors (Lipinski definition) is 0. The molecule has 3 saturated carbocycles. The third-order valence-corrected chi connectivity index (χ3v) is 7.19. The van der Waals surface area contributed by atoms with Gasteiger partial charge in [0.2, 0.25) is 0 Å². The highest BCUT2D eigenvalue weighted by atomic mass is 19.3. The molecule has 0 spiro atoms. The molecule has 0 aliphatic heterocycles. The summed E-state index contributed by atoms with van der Waals surface area (Å²) in [7, 11) is 0. The van der Waals surface area contributed by atoms with Crippen molar-refractivity contribution in [2.45, 2.75) is 115 Å². The van der Waals surface area contributed by atoms with Gasteiger partial charge in [-0.15, -0.1) is 0 Å². The standard InChI is InChI=1S/C22H35F4O/c1-2-3-15-4-6-16(7-5-15)17-8-10-18(11-9-17)22(25,26)27-19-12-13-20(23)21(24)14-19/h15,17-21H,2-14H2,1H3. The quantitative estimate of drug-likeness (QED) is 0.435. The van der Waals surface area contributed by atoms with Gasteiger partial charge >= 0.3 is 6.11 Å². The van der Waals surface area contributed by atoms with E-state index in [0.29, 0.717) is 18.8 Å². The van der Waals surface area contributed by atoms with Crippen molar-refractivity contribution in [3.8, 4) is 0 Å². The molecule has 0 heterocycles. The summed E-state index contributed by atoms with van der Waals surface area (Å²) in [6.45, 7) is 2.24. The van der Waals surface area contributed by atoms with Gasteiger partial charge in [0.25, 0.3) is 0 Å². The van der Waals surface area contributed by atoms with Crippen LogP contribution in [-0.4, -0.2) is 24.6 Å². The zero-order chi connectivity index (χ0) is 19.4. The minimum Gasteiger partial charge on any atom is -0.317 e. The second-order valence-electron chi connectivity index (χ2n) is 9.09. The number of hydrogen-bond acceptors (Lipinski definition) is 1. The molecule has 3 aliphatic carbocycles. The molecule has 3 unspecified atom stereocenters. The second kappa shape index (κ2) is 9.45. The molecule has 3 atom stereocenters. The van der Waals surface area contributed by atoms with Crippen molar-refractivity contribution < 1.29 is 22.3 Å². The van der Waals surface area contributed by atoms with Gasteiger partial charge in [0.15, 0.2) is 0 Å². The number of alkyl halides is 4. The van der Waals surface area contributed by atoms with Crippen LogP contribution in [-0.2, 0) is 4.74 Å². The molecule has 5 heteroatoms. The molecule has 27 heavy (non-hydrogen) atoms. The molecule has 0 aromatic rings. The van der Waals surface area contributed by atoms with E-state index in [2.05, 4.69) is 6.92 Å². The molecule has 157 valence electrons. The van der Waals surface area contributed by atoms with Crippen molar-refractivity contribution in [3.63, 3.8) is 0 Å². The zero-order valence-electron chi connectivity index (χ0n) is 16.6. The topological polar surface area (TPSA) is 9.23 Å². The molecular weight excluding hydrogens is 356 g/mol. The van der Waals surface area contributed by atoms with Gasteiger partial charge in [-0.2, -0.15) is 8.78 Å². The van der Waals surface area contributed by atoms with Gasteiger partial charge in [-0.05, 0) is 82.0 Å². The van der Waals surface area contributed by atoms with E-state index in [9.17, 15) is 17.6 Å². The molecule has 3 aliphatic rings. The molecule has 0 amide bonds. The Morgan fingerprint density at radius 3 is 2.15 bits per heavy atom. The van der Waals surface area contributed by atoms with Crippen LogP contribution in [0.25, 0.3) is 0 Å². The van der Waals surface area contributed by atoms with Crippen LogP contribution < -0.4 is 0 Å². The van der Waals surface area contributed by atoms with Gasteiger partial charge in [0.05, 0.1) is 12.0 Å². The van der Waals surface area contributed by atoms with E-state index in [-0.39, 0.29) is 19.3 Å². The highest BCUT2D eigenvalue weighted by Crippen LogP contribution is 2.47. The Morgan fingerprint density at radius 2 is 1.56 bits per heavy atom. The van der Waals surface area contributed by atoms with Gasteiger partial charge in [0, 0.05) is 6.42 Å². The second-order valence-corrected chi connectivity index (χ2v) is 9.09. The fraction of sp³-hybridized carbons (Fsp3) is 0.955. The maximum Gasteiger partial charge on any atom is 0.358 e. The van der Waals surface area contributed by atoms with Crippen molar-refractivity contribution in [1.29, 1.82) is 0 Å². The number of rotatable bonds is 6. The Morgan fingerprint density at radius 1 is 0.889 bits per heavy atom. The highest BCUT2D eigenvalue weighted by Gasteiger charge is 2.46. The lowest BCUT2D eigenvalue weighted by atomic mass is 9.68. The van der Waals surface area contributed by atoms with Crippen LogP contribution in [0, 0.1) is 23.7 Å². The number of halogens is 4. The predicted molar refractivity (Wildman–Crippen MR) is 99.0 cm³/mol. The van der Waals surface area contributed by atoms with Crippen LogP contribution in [0.2, 0.25) is 0 Å². The van der Waals surface area contributed by atoms with E-state index >= 15 is 0 Å². The molecule has 1 nitrogen and oxygen atoms in total. The first-order valence-electron chi connectivity index (χ1n) is 11.1. The normalized spacial score (nSPS) is 37.4. The van der Waals surface area contributed by atoms with Crippen LogP contribution in [0.15, 0.2) is 0 Å². The van der Waals surface area contributed by atoms with Crippen molar-refractivity contribution in [3.05, 3.63) is 5.92 Å². The zero-order valence-corrected chi connectivity index (χ0v) is 16.6. The lowest BCUT2D eigenvalue weighted by molar-refractivity contribution is -0.303. The van der Waals surface area contributed by atoms with Crippen molar-refractivity contribution >= 4 is 0 Å². The van der Waals surface area contributed by atoms with Crippen LogP contribution in [0.4, 0.5) is 17.6 Å². The summed E-state index contributed by atoms with van der Waals surface area (Å²) in [5.74, 6) is 2.17. The summed E-state index contributed by atoms with van der Waals surface area (Å²) >= 11 is 0. The van der Waals surface area contributed by atoms with Gasteiger partial charge < -0.3 is 4.74 Å². The van der Waals surface area contributed by atoms with Crippen LogP contribution in [0.5, 0.6) is 0 Å². The smallest absolute Gasteiger partial charge is 0.317 e. The van der Waals surface area contributed by atoms with E-state index in [0.717, 1.165) is 18.8 Å². The Hall–Kier alpha value is -0.320. The third kappa shape index (κ3) is 5.61. The van der Waals surface area contributed by atoms with E-state index in [4.69, 9.17) is 4.74 Å². The molecule has 0 N–H and O–H groups in total. The third-order valence-electron chi connectivity index (χ3n) is 7.19. The van der Waals surface area contributed by atoms with E-state index < -0.39 is 30.5 Å². The van der Waals surface area contributed by atoms with Gasteiger partial charge in [-0.25, -0.2) is 8.78 Å². The van der Waals surface area contributed by atoms with Crippen LogP contribution in [0.3, 0.4) is 0 Å². The fourth-order valence-electron chi connectivity index (χ4n) is 5.46.